The molecule has 116 valence electrons. The highest BCUT2D eigenvalue weighted by Gasteiger charge is 2.30. The van der Waals surface area contributed by atoms with Crippen LogP contribution in [0.4, 0.5) is 0 Å². The number of aryl methyl sites for hydroxylation is 2. The van der Waals surface area contributed by atoms with Gasteiger partial charge in [-0.2, -0.15) is 0 Å². The zero-order valence-electron chi connectivity index (χ0n) is 13.2. The van der Waals surface area contributed by atoms with E-state index < -0.39 is 7.14 Å². The largest absolute Gasteiger partial charge is 0.465 e. The number of esters is 1. The summed E-state index contributed by atoms with van der Waals surface area (Å²) in [6.07, 6.45) is 0.322. The quantitative estimate of drug-likeness (QED) is 0.628. The number of hydrogen-bond donors (Lipinski definition) is 0. The number of benzene rings is 2. The zero-order valence-corrected chi connectivity index (χ0v) is 14.1. The van der Waals surface area contributed by atoms with Crippen LogP contribution in [0.25, 0.3) is 0 Å². The topological polar surface area (TPSA) is 43.4 Å². The molecule has 0 N–H and O–H groups in total. The van der Waals surface area contributed by atoms with Crippen molar-refractivity contribution < 1.29 is 14.1 Å². The molecule has 2 rings (SSSR count). The summed E-state index contributed by atoms with van der Waals surface area (Å²) in [5.74, 6) is -0.346. The molecule has 0 saturated carbocycles. The van der Waals surface area contributed by atoms with E-state index >= 15 is 0 Å². The molecule has 0 amide bonds. The normalized spacial score (nSPS) is 11.2. The molecule has 0 radical (unpaired) electrons. The SMILES string of the molecule is CC(=O)OCCP(=O)(c1ccccc1C)c1ccccc1C. The van der Waals surface area contributed by atoms with Crippen LogP contribution in [-0.2, 0) is 14.1 Å². The fourth-order valence-electron chi connectivity index (χ4n) is 2.63. The number of carbonyl (C=O) groups is 1. The van der Waals surface area contributed by atoms with Gasteiger partial charge >= 0.3 is 5.97 Å². The lowest BCUT2D eigenvalue weighted by molar-refractivity contribution is -0.140. The second kappa shape index (κ2) is 6.93. The lowest BCUT2D eigenvalue weighted by Gasteiger charge is -2.22. The average Bonchev–Trinajstić information content (AvgIpc) is 2.47. The highest BCUT2D eigenvalue weighted by molar-refractivity contribution is 7.78. The molecule has 2 aromatic carbocycles. The minimum atomic E-state index is -2.83. The minimum Gasteiger partial charge on any atom is -0.465 e. The van der Waals surface area contributed by atoms with Crippen LogP contribution in [0.5, 0.6) is 0 Å². The van der Waals surface area contributed by atoms with Crippen molar-refractivity contribution >= 4 is 23.7 Å². The van der Waals surface area contributed by atoms with Crippen LogP contribution in [0.1, 0.15) is 18.1 Å². The van der Waals surface area contributed by atoms with Crippen LogP contribution in [-0.4, -0.2) is 18.7 Å². The Morgan fingerprint density at radius 1 is 0.955 bits per heavy atom. The zero-order chi connectivity index (χ0) is 16.2. The van der Waals surface area contributed by atoms with Crippen LogP contribution < -0.4 is 10.6 Å². The van der Waals surface area contributed by atoms with Crippen LogP contribution in [0.15, 0.2) is 48.5 Å². The molecule has 0 heterocycles. The monoisotopic (exact) mass is 316 g/mol. The lowest BCUT2D eigenvalue weighted by Crippen LogP contribution is -2.24. The summed E-state index contributed by atoms with van der Waals surface area (Å²) < 4.78 is 18.9. The van der Waals surface area contributed by atoms with Crippen molar-refractivity contribution in [2.24, 2.45) is 0 Å². The predicted molar refractivity (Wildman–Crippen MR) is 90.7 cm³/mol. The van der Waals surface area contributed by atoms with E-state index in [1.165, 1.54) is 6.92 Å². The van der Waals surface area contributed by atoms with Gasteiger partial charge in [0.25, 0.3) is 0 Å². The highest BCUT2D eigenvalue weighted by atomic mass is 31.2. The molecule has 0 fully saturated rings. The Balaban J connectivity index is 2.50. The van der Waals surface area contributed by atoms with E-state index in [4.69, 9.17) is 4.74 Å². The first-order valence-corrected chi connectivity index (χ1v) is 9.19. The van der Waals surface area contributed by atoms with Gasteiger partial charge in [-0.1, -0.05) is 48.5 Å². The molecular weight excluding hydrogens is 295 g/mol. The third-order valence-corrected chi connectivity index (χ3v) is 7.09. The lowest BCUT2D eigenvalue weighted by atomic mass is 10.2. The van der Waals surface area contributed by atoms with E-state index in [-0.39, 0.29) is 12.6 Å². The van der Waals surface area contributed by atoms with Crippen molar-refractivity contribution in [3.8, 4) is 0 Å². The first kappa shape index (κ1) is 16.5. The van der Waals surface area contributed by atoms with Gasteiger partial charge < -0.3 is 9.30 Å². The van der Waals surface area contributed by atoms with E-state index in [0.717, 1.165) is 21.7 Å². The maximum Gasteiger partial charge on any atom is 0.302 e. The Hall–Kier alpha value is -1.86. The van der Waals surface area contributed by atoms with Gasteiger partial charge in [0.05, 0.1) is 6.61 Å². The van der Waals surface area contributed by atoms with Gasteiger partial charge in [0.2, 0.25) is 0 Å². The van der Waals surface area contributed by atoms with Crippen LogP contribution in [0, 0.1) is 13.8 Å². The molecule has 3 nitrogen and oxygen atoms in total. The second-order valence-electron chi connectivity index (χ2n) is 5.38. The van der Waals surface area contributed by atoms with Gasteiger partial charge in [0.15, 0.2) is 0 Å². The van der Waals surface area contributed by atoms with Crippen molar-refractivity contribution in [1.82, 2.24) is 0 Å². The van der Waals surface area contributed by atoms with Crippen LogP contribution >= 0.6 is 7.14 Å². The van der Waals surface area contributed by atoms with Gasteiger partial charge in [0.1, 0.15) is 7.14 Å². The molecule has 0 aliphatic heterocycles. The number of hydrogen-bond acceptors (Lipinski definition) is 3. The third-order valence-electron chi connectivity index (χ3n) is 3.72. The molecule has 0 saturated heterocycles. The Bertz CT molecular complexity index is 672. The molecule has 0 aliphatic carbocycles. The molecule has 0 aliphatic rings. The molecule has 0 spiro atoms. The summed E-state index contributed by atoms with van der Waals surface area (Å²) in [6.45, 7) is 5.46. The maximum atomic E-state index is 13.8. The first-order chi connectivity index (χ1) is 10.4. The van der Waals surface area contributed by atoms with E-state index in [1.807, 2.05) is 62.4 Å². The second-order valence-corrected chi connectivity index (χ2v) is 8.27. The highest BCUT2D eigenvalue weighted by Crippen LogP contribution is 2.44. The van der Waals surface area contributed by atoms with E-state index in [2.05, 4.69) is 0 Å². The van der Waals surface area contributed by atoms with Crippen molar-refractivity contribution in [2.75, 3.05) is 12.8 Å². The average molecular weight is 316 g/mol. The Morgan fingerprint density at radius 3 is 1.82 bits per heavy atom. The van der Waals surface area contributed by atoms with Crippen molar-refractivity contribution in [1.29, 1.82) is 0 Å². The van der Waals surface area contributed by atoms with E-state index in [9.17, 15) is 9.36 Å². The molecule has 0 unspecified atom stereocenters. The van der Waals surface area contributed by atoms with E-state index in [0.29, 0.717) is 6.16 Å². The number of ether oxygens (including phenoxy) is 1. The van der Waals surface area contributed by atoms with Gasteiger partial charge in [-0.3, -0.25) is 4.79 Å². The Labute approximate surface area is 131 Å². The molecule has 4 heteroatoms. The number of rotatable bonds is 5. The Kier molecular flexibility index (Phi) is 5.20. The summed E-state index contributed by atoms with van der Waals surface area (Å²) in [6, 6.07) is 15.4. The summed E-state index contributed by atoms with van der Waals surface area (Å²) in [7, 11) is -2.83. The Morgan fingerprint density at radius 2 is 1.41 bits per heavy atom. The molecule has 22 heavy (non-hydrogen) atoms. The van der Waals surface area contributed by atoms with Gasteiger partial charge in [0, 0.05) is 23.7 Å². The fourth-order valence-corrected chi connectivity index (χ4v) is 5.66. The summed E-state index contributed by atoms with van der Waals surface area (Å²) >= 11 is 0. The fraction of sp³-hybridized carbons (Fsp3) is 0.278. The smallest absolute Gasteiger partial charge is 0.302 e. The standard InChI is InChI=1S/C18H21O3P/c1-14-8-4-6-10-17(14)22(20,13-12-21-16(3)19)18-11-7-5-9-15(18)2/h4-11H,12-13H2,1-3H3. The summed E-state index contributed by atoms with van der Waals surface area (Å²) in [4.78, 5) is 11.0. The van der Waals surface area contributed by atoms with Gasteiger partial charge in [-0.15, -0.1) is 0 Å². The predicted octanol–water partition coefficient (Wildman–Crippen LogP) is 3.18. The van der Waals surface area contributed by atoms with Crippen LogP contribution in [0.2, 0.25) is 0 Å². The summed E-state index contributed by atoms with van der Waals surface area (Å²) in [5.41, 5.74) is 1.99. The number of carbonyl (C=O) groups excluding carboxylic acids is 1. The van der Waals surface area contributed by atoms with Crippen LogP contribution in [0.3, 0.4) is 0 Å². The van der Waals surface area contributed by atoms with Gasteiger partial charge in [-0.25, -0.2) is 0 Å². The molecular formula is C18H21O3P. The maximum absolute atomic E-state index is 13.8. The molecule has 0 atom stereocenters. The molecule has 2 aromatic rings. The van der Waals surface area contributed by atoms with Crippen molar-refractivity contribution in [3.63, 3.8) is 0 Å². The van der Waals surface area contributed by atoms with Crippen molar-refractivity contribution in [2.45, 2.75) is 20.8 Å². The van der Waals surface area contributed by atoms with Gasteiger partial charge in [-0.05, 0) is 25.0 Å². The summed E-state index contributed by atoms with van der Waals surface area (Å²) in [5, 5.41) is 1.69. The third kappa shape index (κ3) is 3.48. The molecule has 0 aromatic heterocycles. The van der Waals surface area contributed by atoms with E-state index in [1.54, 1.807) is 0 Å². The minimum absolute atomic E-state index is 0.162. The molecule has 0 bridgehead atoms. The van der Waals surface area contributed by atoms with Crippen molar-refractivity contribution in [3.05, 3.63) is 59.7 Å². The first-order valence-electron chi connectivity index (χ1n) is 7.30.